The molecule has 192 valence electrons. The van der Waals surface area contributed by atoms with Gasteiger partial charge in [0.2, 0.25) is 0 Å². The zero-order chi connectivity index (χ0) is 25.7. The zero-order valence-electron chi connectivity index (χ0n) is 22.4. The van der Waals surface area contributed by atoms with Gasteiger partial charge < -0.3 is 20.4 Å². The molecular weight excluding hydrogens is 456 g/mol. The number of hydrogen-bond donors (Lipinski definition) is 1. The van der Waals surface area contributed by atoms with E-state index in [4.69, 9.17) is 10.7 Å². The van der Waals surface area contributed by atoms with E-state index in [1.54, 1.807) is 0 Å². The molecule has 0 spiro atoms. The van der Waals surface area contributed by atoms with Gasteiger partial charge in [-0.25, -0.2) is 9.98 Å². The molecule has 0 saturated heterocycles. The van der Waals surface area contributed by atoms with Gasteiger partial charge in [-0.3, -0.25) is 0 Å². The van der Waals surface area contributed by atoms with E-state index < -0.39 is 0 Å². The molecule has 2 aliphatic carbocycles. The maximum atomic E-state index is 6.53. The Morgan fingerprint density at radius 2 is 1.86 bits per heavy atom. The number of benzene rings is 1. The van der Waals surface area contributed by atoms with E-state index in [1.807, 2.05) is 6.20 Å². The Hall–Kier alpha value is -3.38. The third kappa shape index (κ3) is 3.98. The molecular formula is C31H38N6. The fraction of sp³-hybridized carbons (Fsp3) is 0.419. The van der Waals surface area contributed by atoms with Crippen molar-refractivity contribution < 1.29 is 0 Å². The van der Waals surface area contributed by atoms with Gasteiger partial charge in [0, 0.05) is 42.4 Å². The van der Waals surface area contributed by atoms with Gasteiger partial charge in [-0.15, -0.1) is 0 Å². The molecule has 1 fully saturated rings. The van der Waals surface area contributed by atoms with Gasteiger partial charge >= 0.3 is 0 Å². The summed E-state index contributed by atoms with van der Waals surface area (Å²) in [6.45, 7) is 9.04. The molecule has 2 aliphatic heterocycles. The van der Waals surface area contributed by atoms with Crippen molar-refractivity contribution in [3.05, 3.63) is 77.9 Å². The van der Waals surface area contributed by atoms with E-state index in [1.165, 1.54) is 18.4 Å². The fourth-order valence-corrected chi connectivity index (χ4v) is 6.71. The van der Waals surface area contributed by atoms with E-state index in [2.05, 4.69) is 102 Å². The van der Waals surface area contributed by atoms with Crippen molar-refractivity contribution in [3.8, 4) is 0 Å². The molecule has 0 bridgehead atoms. The van der Waals surface area contributed by atoms with Crippen LogP contribution in [0.3, 0.4) is 0 Å². The monoisotopic (exact) mass is 494 g/mol. The van der Waals surface area contributed by atoms with Gasteiger partial charge in [0.25, 0.3) is 0 Å². The Morgan fingerprint density at radius 1 is 1.08 bits per heavy atom. The van der Waals surface area contributed by atoms with Crippen LogP contribution in [0.1, 0.15) is 51.3 Å². The van der Waals surface area contributed by atoms with Crippen LogP contribution >= 0.6 is 0 Å². The van der Waals surface area contributed by atoms with Gasteiger partial charge in [0.1, 0.15) is 17.7 Å². The van der Waals surface area contributed by atoms with Crippen LogP contribution in [-0.4, -0.2) is 57.9 Å². The molecule has 1 saturated carbocycles. The lowest BCUT2D eigenvalue weighted by molar-refractivity contribution is 0.0147. The molecule has 2 aromatic rings. The van der Waals surface area contributed by atoms with E-state index in [0.717, 1.165) is 53.1 Å². The topological polar surface area (TPSA) is 61.0 Å². The van der Waals surface area contributed by atoms with E-state index >= 15 is 0 Å². The van der Waals surface area contributed by atoms with Crippen LogP contribution in [0.5, 0.6) is 0 Å². The minimum absolute atomic E-state index is 0.247. The first-order chi connectivity index (χ1) is 18.0. The maximum Gasteiger partial charge on any atom is 0.149 e. The second-order valence-electron chi connectivity index (χ2n) is 10.8. The van der Waals surface area contributed by atoms with Crippen LogP contribution in [0, 0.1) is 11.8 Å². The number of rotatable bonds is 6. The number of amidine groups is 1. The van der Waals surface area contributed by atoms with Crippen molar-refractivity contribution in [1.29, 1.82) is 0 Å². The number of aromatic nitrogens is 1. The van der Waals surface area contributed by atoms with Crippen molar-refractivity contribution in [2.24, 2.45) is 22.6 Å². The van der Waals surface area contributed by atoms with Crippen LogP contribution in [0.2, 0.25) is 0 Å². The van der Waals surface area contributed by atoms with Crippen LogP contribution in [0.4, 0.5) is 0 Å². The molecule has 6 rings (SSSR count). The average molecular weight is 495 g/mol. The SMILES string of the molecule is CCN(CC)[C@H]1C[C@@H](C2N(C)C(c3ccc4ccc(C5=CC=CCC5C)nc4c3)=C3C(N)=NC=CN32)C1. The third-order valence-corrected chi connectivity index (χ3v) is 8.79. The molecule has 6 nitrogen and oxygen atoms in total. The van der Waals surface area contributed by atoms with Crippen molar-refractivity contribution in [2.75, 3.05) is 20.1 Å². The lowest BCUT2D eigenvalue weighted by atomic mass is 9.76. The maximum absolute atomic E-state index is 6.53. The summed E-state index contributed by atoms with van der Waals surface area (Å²) < 4.78 is 0. The summed E-state index contributed by atoms with van der Waals surface area (Å²) in [6.07, 6.45) is 14.3. The van der Waals surface area contributed by atoms with Gasteiger partial charge in [-0.2, -0.15) is 0 Å². The summed E-state index contributed by atoms with van der Waals surface area (Å²) in [6, 6.07) is 11.6. The molecule has 2 N–H and O–H groups in total. The van der Waals surface area contributed by atoms with Crippen LogP contribution in [0.15, 0.2) is 71.6 Å². The normalized spacial score (nSPS) is 27.1. The Bertz CT molecular complexity index is 1360. The summed E-state index contributed by atoms with van der Waals surface area (Å²) in [4.78, 5) is 17.0. The summed E-state index contributed by atoms with van der Waals surface area (Å²) in [5.41, 5.74) is 13.2. The highest BCUT2D eigenvalue weighted by Crippen LogP contribution is 2.46. The molecule has 0 radical (unpaired) electrons. The predicted octanol–water partition coefficient (Wildman–Crippen LogP) is 5.42. The molecule has 1 aromatic carbocycles. The van der Waals surface area contributed by atoms with Gasteiger partial charge in [0.05, 0.1) is 16.9 Å². The van der Waals surface area contributed by atoms with Crippen molar-refractivity contribution in [3.63, 3.8) is 0 Å². The highest BCUT2D eigenvalue weighted by molar-refractivity contribution is 6.05. The predicted molar refractivity (Wildman–Crippen MR) is 153 cm³/mol. The molecule has 2 unspecified atom stereocenters. The fourth-order valence-electron chi connectivity index (χ4n) is 6.71. The summed E-state index contributed by atoms with van der Waals surface area (Å²) in [7, 11) is 2.21. The largest absolute Gasteiger partial charge is 0.382 e. The average Bonchev–Trinajstić information content (AvgIpc) is 3.18. The minimum Gasteiger partial charge on any atom is -0.382 e. The van der Waals surface area contributed by atoms with Crippen molar-refractivity contribution in [2.45, 2.75) is 52.2 Å². The lowest BCUT2D eigenvalue weighted by Gasteiger charge is -2.48. The minimum atomic E-state index is 0.247. The number of nitrogens with zero attached hydrogens (tertiary/aromatic N) is 5. The van der Waals surface area contributed by atoms with E-state index in [9.17, 15) is 0 Å². The van der Waals surface area contributed by atoms with Crippen LogP contribution in [0.25, 0.3) is 22.2 Å². The smallest absolute Gasteiger partial charge is 0.149 e. The highest BCUT2D eigenvalue weighted by atomic mass is 15.4. The molecule has 6 heteroatoms. The van der Waals surface area contributed by atoms with Gasteiger partial charge in [-0.05, 0) is 56.0 Å². The Morgan fingerprint density at radius 3 is 2.62 bits per heavy atom. The van der Waals surface area contributed by atoms with E-state index in [0.29, 0.717) is 23.7 Å². The first kappa shape index (κ1) is 24.0. The molecule has 0 amide bonds. The van der Waals surface area contributed by atoms with Gasteiger partial charge in [-0.1, -0.05) is 57.2 Å². The standard InChI is InChI=1S/C31H38N6/c1-5-36(6-2)24-17-23(18-24)31-35(4)28(29-30(32)33-15-16-37(29)31)22-12-11-21-13-14-26(34-27(21)19-22)25-10-8-7-9-20(25)3/h7-8,10-16,19-20,23-24,31H,5-6,9,17-18H2,1-4H3,(H2,32,33)/t20?,23-,24+,31?. The molecule has 1 aromatic heterocycles. The number of pyridine rings is 1. The van der Waals surface area contributed by atoms with Crippen LogP contribution < -0.4 is 5.73 Å². The molecule has 3 heterocycles. The highest BCUT2D eigenvalue weighted by Gasteiger charge is 2.47. The van der Waals surface area contributed by atoms with Crippen LogP contribution in [-0.2, 0) is 0 Å². The molecule has 4 aliphatic rings. The number of hydrogen-bond acceptors (Lipinski definition) is 6. The quantitative estimate of drug-likeness (QED) is 0.581. The molecule has 2 atom stereocenters. The zero-order valence-corrected chi connectivity index (χ0v) is 22.4. The first-order valence-corrected chi connectivity index (χ1v) is 13.8. The third-order valence-electron chi connectivity index (χ3n) is 8.79. The number of fused-ring (bicyclic) bond motifs is 2. The summed E-state index contributed by atoms with van der Waals surface area (Å²) in [5.74, 6) is 1.64. The number of aliphatic imine (C=N–C) groups is 1. The summed E-state index contributed by atoms with van der Waals surface area (Å²) >= 11 is 0. The summed E-state index contributed by atoms with van der Waals surface area (Å²) in [5, 5.41) is 1.15. The Balaban J connectivity index is 1.36. The lowest BCUT2D eigenvalue weighted by Crippen LogP contribution is -2.54. The Kier molecular flexibility index (Phi) is 6.15. The Labute approximate surface area is 220 Å². The number of allylic oxidation sites excluding steroid dienone is 4. The first-order valence-electron chi connectivity index (χ1n) is 13.8. The second kappa shape index (κ2) is 9.49. The molecule has 37 heavy (non-hydrogen) atoms. The van der Waals surface area contributed by atoms with E-state index in [-0.39, 0.29) is 6.17 Å². The number of nitrogens with two attached hydrogens (primary N) is 1. The van der Waals surface area contributed by atoms with Gasteiger partial charge in [0.15, 0.2) is 0 Å². The second-order valence-corrected chi connectivity index (χ2v) is 10.8. The van der Waals surface area contributed by atoms with Crippen molar-refractivity contribution >= 4 is 28.0 Å². The van der Waals surface area contributed by atoms with Crippen molar-refractivity contribution in [1.82, 2.24) is 19.7 Å².